The number of benzene rings is 3. The Balaban J connectivity index is 1.61. The highest BCUT2D eigenvalue weighted by atomic mass is 16.5. The van der Waals surface area contributed by atoms with Crippen LogP contribution >= 0.6 is 0 Å². The fraction of sp³-hybridized carbons (Fsp3) is 0.0800. The van der Waals surface area contributed by atoms with Gasteiger partial charge in [-0.25, -0.2) is 14.5 Å². The largest absolute Gasteiger partial charge is 0.508 e. The normalized spacial score (nSPS) is 14.7. The molecule has 3 heterocycles. The van der Waals surface area contributed by atoms with Gasteiger partial charge in [-0.3, -0.25) is 0 Å². The van der Waals surface area contributed by atoms with Gasteiger partial charge in [0.2, 0.25) is 5.88 Å². The number of phenolic OH excluding ortho intramolecular Hbond substituents is 1. The van der Waals surface area contributed by atoms with Crippen LogP contribution in [-0.2, 0) is 0 Å². The molecule has 3 aromatic carbocycles. The Bertz CT molecular complexity index is 1430. The predicted octanol–water partition coefficient (Wildman–Crippen LogP) is 5.09. The minimum atomic E-state index is -0.146. The lowest BCUT2D eigenvalue weighted by Gasteiger charge is -2.27. The standard InChI is InChI=1S/C25H18N4O2/c1-15-7-9-17(10-8-15)23-27-24-22-21(16-5-3-2-4-6-16)19-12-11-18(30)13-20(19)31-25(22)26-14-29(24)28-23/h2-14,21,30H,1H3/t21-/m0/s1. The summed E-state index contributed by atoms with van der Waals surface area (Å²) >= 11 is 0. The number of rotatable bonds is 2. The lowest BCUT2D eigenvalue weighted by atomic mass is 9.84. The monoisotopic (exact) mass is 406 g/mol. The van der Waals surface area contributed by atoms with E-state index in [4.69, 9.17) is 9.72 Å². The maximum absolute atomic E-state index is 9.99. The van der Waals surface area contributed by atoms with Crippen molar-refractivity contribution < 1.29 is 9.84 Å². The maximum Gasteiger partial charge on any atom is 0.228 e. The van der Waals surface area contributed by atoms with Gasteiger partial charge in [0.25, 0.3) is 0 Å². The van der Waals surface area contributed by atoms with Crippen molar-refractivity contribution in [2.24, 2.45) is 0 Å². The molecule has 0 saturated carbocycles. The van der Waals surface area contributed by atoms with E-state index >= 15 is 0 Å². The molecule has 150 valence electrons. The SMILES string of the molecule is Cc1ccc(-c2nc3c4c(ncn3n2)Oc2cc(O)ccc2[C@@H]4c2ccccc2)cc1. The lowest BCUT2D eigenvalue weighted by Crippen LogP contribution is -2.14. The van der Waals surface area contributed by atoms with Gasteiger partial charge in [-0.2, -0.15) is 0 Å². The molecule has 0 amide bonds. The van der Waals surface area contributed by atoms with E-state index in [1.165, 1.54) is 5.56 Å². The van der Waals surface area contributed by atoms with E-state index in [2.05, 4.69) is 29.1 Å². The number of aromatic nitrogens is 4. The molecule has 0 saturated heterocycles. The highest BCUT2D eigenvalue weighted by Gasteiger charge is 2.33. The molecular weight excluding hydrogens is 388 g/mol. The average Bonchev–Trinajstić information content (AvgIpc) is 3.23. The molecule has 1 N–H and O–H groups in total. The van der Waals surface area contributed by atoms with Gasteiger partial charge in [-0.15, -0.1) is 5.10 Å². The molecule has 5 aromatic rings. The second-order valence-corrected chi connectivity index (χ2v) is 7.70. The molecule has 0 fully saturated rings. The van der Waals surface area contributed by atoms with E-state index in [0.29, 0.717) is 23.1 Å². The highest BCUT2D eigenvalue weighted by Crippen LogP contribution is 2.48. The molecule has 0 spiro atoms. The Hall–Kier alpha value is -4.19. The van der Waals surface area contributed by atoms with Crippen molar-refractivity contribution in [3.05, 3.63) is 101 Å². The number of nitrogens with zero attached hydrogens (tertiary/aromatic N) is 4. The summed E-state index contributed by atoms with van der Waals surface area (Å²) in [6, 6.07) is 23.5. The highest BCUT2D eigenvalue weighted by molar-refractivity contribution is 5.68. The van der Waals surface area contributed by atoms with Crippen LogP contribution in [0.2, 0.25) is 0 Å². The summed E-state index contributed by atoms with van der Waals surface area (Å²) < 4.78 is 7.80. The quantitative estimate of drug-likeness (QED) is 0.434. The predicted molar refractivity (Wildman–Crippen MR) is 117 cm³/mol. The summed E-state index contributed by atoms with van der Waals surface area (Å²) in [7, 11) is 0. The number of hydrogen-bond donors (Lipinski definition) is 1. The lowest BCUT2D eigenvalue weighted by molar-refractivity contribution is 0.422. The van der Waals surface area contributed by atoms with Crippen LogP contribution in [0.3, 0.4) is 0 Å². The number of aromatic hydroxyl groups is 1. The molecule has 6 rings (SSSR count). The van der Waals surface area contributed by atoms with Crippen LogP contribution in [-0.4, -0.2) is 24.7 Å². The van der Waals surface area contributed by atoms with E-state index in [0.717, 1.165) is 22.3 Å². The van der Waals surface area contributed by atoms with Gasteiger partial charge in [-0.1, -0.05) is 66.2 Å². The Labute approximate surface area is 178 Å². The molecule has 6 nitrogen and oxygen atoms in total. The smallest absolute Gasteiger partial charge is 0.228 e. The molecule has 1 aliphatic heterocycles. The van der Waals surface area contributed by atoms with Gasteiger partial charge < -0.3 is 9.84 Å². The van der Waals surface area contributed by atoms with Gasteiger partial charge in [0, 0.05) is 23.1 Å². The molecule has 31 heavy (non-hydrogen) atoms. The molecule has 1 atom stereocenters. The summed E-state index contributed by atoms with van der Waals surface area (Å²) in [5, 5.41) is 14.7. The Morgan fingerprint density at radius 2 is 1.77 bits per heavy atom. The zero-order chi connectivity index (χ0) is 20.9. The van der Waals surface area contributed by atoms with E-state index in [1.807, 2.05) is 48.5 Å². The van der Waals surface area contributed by atoms with E-state index < -0.39 is 0 Å². The van der Waals surface area contributed by atoms with Gasteiger partial charge in [0.05, 0.1) is 5.56 Å². The van der Waals surface area contributed by atoms with Crippen molar-refractivity contribution in [2.75, 3.05) is 0 Å². The second kappa shape index (κ2) is 6.67. The summed E-state index contributed by atoms with van der Waals surface area (Å²) in [4.78, 5) is 9.40. The van der Waals surface area contributed by atoms with Crippen LogP contribution in [0, 0.1) is 6.92 Å². The third-order valence-corrected chi connectivity index (χ3v) is 5.63. The Kier molecular flexibility index (Phi) is 3.80. The number of hydrogen-bond acceptors (Lipinski definition) is 5. The van der Waals surface area contributed by atoms with Gasteiger partial charge in [0.1, 0.15) is 17.8 Å². The number of ether oxygens (including phenoxy) is 1. The van der Waals surface area contributed by atoms with Crippen LogP contribution in [0.1, 0.15) is 28.2 Å². The fourth-order valence-corrected chi connectivity index (χ4v) is 4.12. The third kappa shape index (κ3) is 2.84. The fourth-order valence-electron chi connectivity index (χ4n) is 4.12. The number of fused-ring (bicyclic) bond motifs is 4. The molecular formula is C25H18N4O2. The van der Waals surface area contributed by atoms with Gasteiger partial charge >= 0.3 is 0 Å². The summed E-state index contributed by atoms with van der Waals surface area (Å²) in [6.45, 7) is 2.05. The van der Waals surface area contributed by atoms with E-state index in [9.17, 15) is 5.11 Å². The van der Waals surface area contributed by atoms with Crippen molar-refractivity contribution in [3.8, 4) is 28.8 Å². The Morgan fingerprint density at radius 3 is 2.58 bits per heavy atom. The van der Waals surface area contributed by atoms with Crippen LogP contribution in [0.15, 0.2) is 79.1 Å². The minimum Gasteiger partial charge on any atom is -0.508 e. The van der Waals surface area contributed by atoms with Gasteiger partial charge in [0.15, 0.2) is 11.5 Å². The van der Waals surface area contributed by atoms with E-state index in [-0.39, 0.29) is 11.7 Å². The van der Waals surface area contributed by atoms with E-state index in [1.54, 1.807) is 23.0 Å². The number of aryl methyl sites for hydroxylation is 1. The first-order chi connectivity index (χ1) is 15.2. The van der Waals surface area contributed by atoms with Gasteiger partial charge in [-0.05, 0) is 18.6 Å². The first-order valence-electron chi connectivity index (χ1n) is 10.1. The molecule has 0 unspecified atom stereocenters. The first kappa shape index (κ1) is 17.7. The minimum absolute atomic E-state index is 0.146. The molecule has 0 bridgehead atoms. The maximum atomic E-state index is 9.99. The summed E-state index contributed by atoms with van der Waals surface area (Å²) in [5.74, 6) is 1.71. The third-order valence-electron chi connectivity index (χ3n) is 5.63. The topological polar surface area (TPSA) is 72.5 Å². The van der Waals surface area contributed by atoms with Crippen LogP contribution in [0.25, 0.3) is 17.0 Å². The van der Waals surface area contributed by atoms with Crippen molar-refractivity contribution in [2.45, 2.75) is 12.8 Å². The van der Waals surface area contributed by atoms with Crippen molar-refractivity contribution in [3.63, 3.8) is 0 Å². The molecule has 0 aliphatic carbocycles. The number of phenols is 1. The Morgan fingerprint density at radius 1 is 0.968 bits per heavy atom. The van der Waals surface area contributed by atoms with Crippen LogP contribution in [0.4, 0.5) is 0 Å². The summed E-state index contributed by atoms with van der Waals surface area (Å²) in [6.07, 6.45) is 1.62. The van der Waals surface area contributed by atoms with Crippen LogP contribution < -0.4 is 4.74 Å². The van der Waals surface area contributed by atoms with Crippen molar-refractivity contribution in [1.82, 2.24) is 19.6 Å². The molecule has 1 aliphatic rings. The zero-order valence-corrected chi connectivity index (χ0v) is 16.7. The molecule has 6 heteroatoms. The molecule has 2 aromatic heterocycles. The molecule has 0 radical (unpaired) electrons. The van der Waals surface area contributed by atoms with Crippen molar-refractivity contribution in [1.29, 1.82) is 0 Å². The zero-order valence-electron chi connectivity index (χ0n) is 16.7. The second-order valence-electron chi connectivity index (χ2n) is 7.70. The average molecular weight is 406 g/mol. The van der Waals surface area contributed by atoms with Crippen LogP contribution in [0.5, 0.6) is 17.4 Å². The first-order valence-corrected chi connectivity index (χ1v) is 10.1. The summed E-state index contributed by atoms with van der Waals surface area (Å²) in [5.41, 5.74) is 5.73. The van der Waals surface area contributed by atoms with Crippen molar-refractivity contribution >= 4 is 5.65 Å².